The molecule has 1 aromatic rings. The predicted molar refractivity (Wildman–Crippen MR) is 31.8 cm³/mol. The van der Waals surface area contributed by atoms with Crippen LogP contribution in [0.15, 0.2) is 30.3 Å². The Morgan fingerprint density at radius 1 is 1.00 bits per heavy atom. The van der Waals surface area contributed by atoms with Crippen molar-refractivity contribution >= 4 is 25.9 Å². The zero-order valence-corrected chi connectivity index (χ0v) is 7.13. The summed E-state index contributed by atoms with van der Waals surface area (Å²) < 4.78 is 1.33. The average Bonchev–Trinajstić information content (AvgIpc) is 1.69. The number of hydrogen-bond donors (Lipinski definition) is 0. The molecule has 1 aromatic carbocycles. The molecule has 0 fully saturated rings. The maximum atomic E-state index is 2.09. The maximum absolute atomic E-state index is 2.09. The van der Waals surface area contributed by atoms with Crippen molar-refractivity contribution in [3.63, 3.8) is 0 Å². The van der Waals surface area contributed by atoms with Crippen molar-refractivity contribution in [3.8, 4) is 0 Å². The average molecular weight is 212 g/mol. The molecule has 0 spiro atoms. The zero-order chi connectivity index (χ0) is 5.11. The summed E-state index contributed by atoms with van der Waals surface area (Å²) in [6.45, 7) is 0. The molecule has 1 rings (SSSR count). The summed E-state index contributed by atoms with van der Waals surface area (Å²) in [7, 11) is 0. The van der Waals surface area contributed by atoms with Gasteiger partial charge in [-0.25, -0.2) is 0 Å². The van der Waals surface area contributed by atoms with E-state index in [1.54, 1.807) is 0 Å². The van der Waals surface area contributed by atoms with E-state index in [1.807, 2.05) is 40.5 Å². The Bertz CT molecular complexity index is 138. The number of hydrogen-bond acceptors (Lipinski definition) is 0. The summed E-state index contributed by atoms with van der Waals surface area (Å²) in [5.74, 6) is 0. The first-order valence-corrected chi connectivity index (χ1v) is 3.28. The van der Waals surface area contributed by atoms with Crippen LogP contribution >= 0.6 is 0 Å². The van der Waals surface area contributed by atoms with Gasteiger partial charge in [0.05, 0.1) is 0 Å². The quantitative estimate of drug-likeness (QED) is 0.416. The molecule has 0 aromatic heterocycles. The molecule has 0 saturated heterocycles. The molecule has 0 unspecified atom stereocenters. The van der Waals surface area contributed by atoms with Crippen molar-refractivity contribution < 1.29 is 18.9 Å². The molecule has 0 aliphatic carbocycles. The summed E-state index contributed by atoms with van der Waals surface area (Å²) in [4.78, 5) is 0. The Balaban J connectivity index is 0.000000490. The van der Waals surface area contributed by atoms with E-state index in [-0.39, 0.29) is 18.9 Å². The molecular formula is C6H5LiTe+. The van der Waals surface area contributed by atoms with Crippen LogP contribution in [0.5, 0.6) is 0 Å². The predicted octanol–water partition coefficient (Wildman–Crippen LogP) is -2.52. The van der Waals surface area contributed by atoms with E-state index in [2.05, 4.69) is 12.1 Å². The van der Waals surface area contributed by atoms with E-state index in [0.29, 0.717) is 0 Å². The van der Waals surface area contributed by atoms with Crippen LogP contribution in [0, 0.1) is 0 Å². The van der Waals surface area contributed by atoms with Gasteiger partial charge in [-0.3, -0.25) is 0 Å². The monoisotopic (exact) mass is 214 g/mol. The van der Waals surface area contributed by atoms with Crippen LogP contribution in [0.25, 0.3) is 0 Å². The Hall–Kier alpha value is 0.607. The second-order valence-electron chi connectivity index (χ2n) is 1.31. The van der Waals surface area contributed by atoms with Gasteiger partial charge in [-0.15, -0.1) is 0 Å². The molecule has 1 radical (unpaired) electrons. The normalized spacial score (nSPS) is 7.50. The van der Waals surface area contributed by atoms with Gasteiger partial charge in [0.15, 0.2) is 0 Å². The van der Waals surface area contributed by atoms with Gasteiger partial charge in [0.1, 0.15) is 0 Å². The van der Waals surface area contributed by atoms with Gasteiger partial charge in [-0.1, -0.05) is 0 Å². The molecule has 0 atom stereocenters. The van der Waals surface area contributed by atoms with Crippen molar-refractivity contribution in [2.45, 2.75) is 0 Å². The molecule has 35 valence electrons. The first kappa shape index (κ1) is 8.61. The third-order valence-electron chi connectivity index (χ3n) is 0.743. The van der Waals surface area contributed by atoms with Crippen molar-refractivity contribution in [2.24, 2.45) is 0 Å². The topological polar surface area (TPSA) is 0 Å². The molecule has 0 bridgehead atoms. The van der Waals surface area contributed by atoms with Crippen LogP contribution in [0.3, 0.4) is 0 Å². The molecule has 0 N–H and O–H groups in total. The second kappa shape index (κ2) is 4.48. The molecular weight excluding hydrogens is 207 g/mol. The fourth-order valence-electron chi connectivity index (χ4n) is 0.420. The molecule has 0 saturated carbocycles. The summed E-state index contributed by atoms with van der Waals surface area (Å²) in [6.07, 6.45) is 0. The standard InChI is InChI=1S/C6H5Te.Li/c7-6-4-2-1-3-5-6;/h1-5H;/q;+1. The van der Waals surface area contributed by atoms with E-state index < -0.39 is 0 Å². The fraction of sp³-hybridized carbons (Fsp3) is 0. The summed E-state index contributed by atoms with van der Waals surface area (Å²) in [6, 6.07) is 10.3. The number of benzene rings is 1. The van der Waals surface area contributed by atoms with Gasteiger partial charge >= 0.3 is 75.1 Å². The van der Waals surface area contributed by atoms with Gasteiger partial charge in [0, 0.05) is 0 Å². The van der Waals surface area contributed by atoms with E-state index >= 15 is 0 Å². The summed E-state index contributed by atoms with van der Waals surface area (Å²) in [5, 5.41) is 0. The fourth-order valence-corrected chi connectivity index (χ4v) is 0.869. The van der Waals surface area contributed by atoms with E-state index in [9.17, 15) is 0 Å². The molecule has 8 heavy (non-hydrogen) atoms. The molecule has 0 heterocycles. The summed E-state index contributed by atoms with van der Waals surface area (Å²) >= 11 is 2.02. The van der Waals surface area contributed by atoms with Gasteiger partial charge in [-0.2, -0.15) is 0 Å². The number of rotatable bonds is 0. The van der Waals surface area contributed by atoms with Crippen molar-refractivity contribution in [2.75, 3.05) is 0 Å². The van der Waals surface area contributed by atoms with E-state index in [1.165, 1.54) is 3.61 Å². The van der Waals surface area contributed by atoms with Gasteiger partial charge < -0.3 is 0 Å². The third kappa shape index (κ3) is 2.80. The Kier molecular flexibility index (Phi) is 4.82. The zero-order valence-electron chi connectivity index (χ0n) is 4.79. The first-order chi connectivity index (χ1) is 3.39. The second-order valence-corrected chi connectivity index (χ2v) is 2.66. The molecule has 2 heteroatoms. The van der Waals surface area contributed by atoms with Crippen molar-refractivity contribution in [1.82, 2.24) is 0 Å². The minimum absolute atomic E-state index is 0. The Morgan fingerprint density at radius 3 is 1.75 bits per heavy atom. The molecule has 0 amide bonds. The van der Waals surface area contributed by atoms with Crippen LogP contribution in [0.2, 0.25) is 0 Å². The van der Waals surface area contributed by atoms with Gasteiger partial charge in [0.2, 0.25) is 0 Å². The van der Waals surface area contributed by atoms with Crippen LogP contribution < -0.4 is 22.5 Å². The Labute approximate surface area is 74.8 Å². The third-order valence-corrected chi connectivity index (χ3v) is 1.52. The van der Waals surface area contributed by atoms with Crippen LogP contribution in [0.1, 0.15) is 0 Å². The molecule has 0 aliphatic heterocycles. The van der Waals surface area contributed by atoms with E-state index in [4.69, 9.17) is 0 Å². The first-order valence-electron chi connectivity index (χ1n) is 2.11. The SMILES string of the molecule is [Li+].[Te]c1ccccc1. The van der Waals surface area contributed by atoms with Crippen molar-refractivity contribution in [1.29, 1.82) is 0 Å². The van der Waals surface area contributed by atoms with Gasteiger partial charge in [0.25, 0.3) is 0 Å². The van der Waals surface area contributed by atoms with Crippen LogP contribution in [0.4, 0.5) is 0 Å². The summed E-state index contributed by atoms with van der Waals surface area (Å²) in [5.41, 5.74) is 0. The minimum atomic E-state index is 0. The molecule has 0 aliphatic rings. The van der Waals surface area contributed by atoms with Gasteiger partial charge in [-0.05, 0) is 0 Å². The van der Waals surface area contributed by atoms with E-state index in [0.717, 1.165) is 0 Å². The van der Waals surface area contributed by atoms with Crippen LogP contribution in [-0.4, -0.2) is 22.3 Å². The van der Waals surface area contributed by atoms with Crippen molar-refractivity contribution in [3.05, 3.63) is 30.3 Å². The molecule has 0 nitrogen and oxygen atoms in total. The Morgan fingerprint density at radius 2 is 1.50 bits per heavy atom. The van der Waals surface area contributed by atoms with Crippen LogP contribution in [-0.2, 0) is 0 Å².